The maximum atomic E-state index is 12.6. The van der Waals surface area contributed by atoms with Gasteiger partial charge in [-0.3, -0.25) is 24.0 Å². The van der Waals surface area contributed by atoms with Gasteiger partial charge in [0.1, 0.15) is 18.1 Å². The van der Waals surface area contributed by atoms with Gasteiger partial charge in [-0.1, -0.05) is 30.3 Å². The maximum absolute atomic E-state index is 12.6. The summed E-state index contributed by atoms with van der Waals surface area (Å²) in [4.78, 5) is 71.2. The minimum Gasteiger partial charge on any atom is -0.480 e. The SMILES string of the molecule is NC(=O)CCC(N)C(=O)NC(CC(N)=O)C(=O)NC(CO)C(=O)NC(Cc1ccccc1)C(=O)O. The highest BCUT2D eigenvalue weighted by atomic mass is 16.4. The molecule has 1 aromatic rings. The number of nitrogens with two attached hydrogens (primary N) is 3. The molecule has 35 heavy (non-hydrogen) atoms. The van der Waals surface area contributed by atoms with Crippen LogP contribution < -0.4 is 33.2 Å². The zero-order valence-electron chi connectivity index (χ0n) is 18.8. The van der Waals surface area contributed by atoms with Gasteiger partial charge in [0.25, 0.3) is 0 Å². The van der Waals surface area contributed by atoms with Gasteiger partial charge in [-0.25, -0.2) is 4.79 Å². The summed E-state index contributed by atoms with van der Waals surface area (Å²) >= 11 is 0. The van der Waals surface area contributed by atoms with Crippen molar-refractivity contribution in [2.75, 3.05) is 6.61 Å². The van der Waals surface area contributed by atoms with E-state index in [0.29, 0.717) is 5.56 Å². The van der Waals surface area contributed by atoms with Gasteiger partial charge >= 0.3 is 5.97 Å². The highest BCUT2D eigenvalue weighted by molar-refractivity contribution is 5.96. The van der Waals surface area contributed by atoms with Crippen LogP contribution in [0.15, 0.2) is 30.3 Å². The number of hydrogen-bond acceptors (Lipinski definition) is 8. The zero-order chi connectivity index (χ0) is 26.5. The van der Waals surface area contributed by atoms with Gasteiger partial charge in [0, 0.05) is 12.8 Å². The third-order valence-corrected chi connectivity index (χ3v) is 4.79. The van der Waals surface area contributed by atoms with Crippen LogP contribution in [0.4, 0.5) is 0 Å². The summed E-state index contributed by atoms with van der Waals surface area (Å²) in [5.74, 6) is -5.94. The van der Waals surface area contributed by atoms with E-state index >= 15 is 0 Å². The Morgan fingerprint density at radius 3 is 1.86 bits per heavy atom. The lowest BCUT2D eigenvalue weighted by Gasteiger charge is -2.23. The molecule has 1 aromatic carbocycles. The van der Waals surface area contributed by atoms with Crippen LogP contribution in [0.1, 0.15) is 24.8 Å². The van der Waals surface area contributed by atoms with Crippen molar-refractivity contribution in [1.82, 2.24) is 16.0 Å². The molecule has 192 valence electrons. The molecule has 0 fully saturated rings. The zero-order valence-corrected chi connectivity index (χ0v) is 18.8. The second kappa shape index (κ2) is 14.3. The first-order valence-electron chi connectivity index (χ1n) is 10.6. The van der Waals surface area contributed by atoms with Crippen LogP contribution in [0.2, 0.25) is 0 Å². The van der Waals surface area contributed by atoms with Gasteiger partial charge in [-0.2, -0.15) is 0 Å². The molecule has 0 aromatic heterocycles. The molecule has 0 spiro atoms. The molecule has 0 aliphatic carbocycles. The Labute approximate surface area is 200 Å². The normalized spacial score (nSPS) is 14.0. The van der Waals surface area contributed by atoms with Crippen molar-refractivity contribution in [3.05, 3.63) is 35.9 Å². The monoisotopic (exact) mass is 494 g/mol. The van der Waals surface area contributed by atoms with E-state index in [4.69, 9.17) is 17.2 Å². The Morgan fingerprint density at radius 2 is 1.34 bits per heavy atom. The number of nitrogens with one attached hydrogen (secondary N) is 3. The number of aliphatic hydroxyl groups excluding tert-OH is 1. The van der Waals surface area contributed by atoms with Crippen LogP contribution in [0.3, 0.4) is 0 Å². The Balaban J connectivity index is 2.86. The van der Waals surface area contributed by atoms with E-state index in [2.05, 4.69) is 16.0 Å². The molecule has 0 heterocycles. The summed E-state index contributed by atoms with van der Waals surface area (Å²) < 4.78 is 0. The van der Waals surface area contributed by atoms with Gasteiger partial charge in [0.05, 0.1) is 19.1 Å². The van der Waals surface area contributed by atoms with Gasteiger partial charge < -0.3 is 43.4 Å². The van der Waals surface area contributed by atoms with Crippen molar-refractivity contribution < 1.29 is 39.0 Å². The first-order chi connectivity index (χ1) is 16.4. The standard InChI is InChI=1S/C21H30N6O8/c22-12(6-7-16(23)29)18(31)25-13(9-17(24)30)19(32)27-15(10-28)20(33)26-14(21(34)35)8-11-4-2-1-3-5-11/h1-5,12-15,28H,6-10,22H2,(H2,23,29)(H2,24,30)(H,25,31)(H,26,33)(H,27,32)(H,34,35). The maximum Gasteiger partial charge on any atom is 0.326 e. The first kappa shape index (κ1) is 29.0. The number of primary amides is 2. The van der Waals surface area contributed by atoms with E-state index in [-0.39, 0.29) is 19.3 Å². The molecule has 14 nitrogen and oxygen atoms in total. The molecule has 5 amide bonds. The molecule has 0 radical (unpaired) electrons. The van der Waals surface area contributed by atoms with Crippen LogP contribution in [0.5, 0.6) is 0 Å². The van der Waals surface area contributed by atoms with E-state index in [1.165, 1.54) is 0 Å². The van der Waals surface area contributed by atoms with Gasteiger partial charge in [-0.15, -0.1) is 0 Å². The summed E-state index contributed by atoms with van der Waals surface area (Å²) in [6.07, 6.45) is -1.03. The minimum atomic E-state index is -1.60. The average molecular weight is 495 g/mol. The summed E-state index contributed by atoms with van der Waals surface area (Å²) in [5, 5.41) is 25.6. The summed E-state index contributed by atoms with van der Waals surface area (Å²) in [6.45, 7) is -0.912. The van der Waals surface area contributed by atoms with Gasteiger partial charge in [0.15, 0.2) is 0 Å². The molecule has 14 heteroatoms. The molecule has 11 N–H and O–H groups in total. The van der Waals surface area contributed by atoms with E-state index in [0.717, 1.165) is 0 Å². The third-order valence-electron chi connectivity index (χ3n) is 4.79. The number of carboxylic acids is 1. The molecule has 1 rings (SSSR count). The van der Waals surface area contributed by atoms with Crippen molar-refractivity contribution in [1.29, 1.82) is 0 Å². The molecule has 4 atom stereocenters. The van der Waals surface area contributed by atoms with Gasteiger partial charge in [-0.05, 0) is 12.0 Å². The van der Waals surface area contributed by atoms with Crippen LogP contribution in [-0.2, 0) is 35.2 Å². The summed E-state index contributed by atoms with van der Waals surface area (Å²) in [7, 11) is 0. The van der Waals surface area contributed by atoms with Crippen molar-refractivity contribution >= 4 is 35.5 Å². The summed E-state index contributed by atoms with van der Waals surface area (Å²) in [6, 6.07) is 2.71. The van der Waals surface area contributed by atoms with Gasteiger partial charge in [0.2, 0.25) is 29.5 Å². The fraction of sp³-hybridized carbons (Fsp3) is 0.429. The predicted molar refractivity (Wildman–Crippen MR) is 121 cm³/mol. The molecule has 4 unspecified atom stereocenters. The topological polar surface area (TPSA) is 257 Å². The average Bonchev–Trinajstić information content (AvgIpc) is 2.79. The van der Waals surface area contributed by atoms with E-state index in [9.17, 15) is 39.0 Å². The number of rotatable bonds is 15. The quantitative estimate of drug-likeness (QED) is 0.119. The Hall–Kier alpha value is -4.04. The number of benzene rings is 1. The van der Waals surface area contributed by atoms with Crippen LogP contribution in [-0.4, -0.2) is 76.5 Å². The Bertz CT molecular complexity index is 926. The third kappa shape index (κ3) is 10.6. The second-order valence-electron chi connectivity index (χ2n) is 7.68. The van der Waals surface area contributed by atoms with Crippen LogP contribution in [0, 0.1) is 0 Å². The highest BCUT2D eigenvalue weighted by Crippen LogP contribution is 2.04. The molecule has 0 aliphatic rings. The predicted octanol–water partition coefficient (Wildman–Crippen LogP) is -3.77. The number of hydrogen-bond donors (Lipinski definition) is 8. The number of amides is 5. The Morgan fingerprint density at radius 1 is 0.800 bits per heavy atom. The molecule has 0 saturated heterocycles. The van der Waals surface area contributed by atoms with E-state index < -0.39 is 72.7 Å². The van der Waals surface area contributed by atoms with E-state index in [1.54, 1.807) is 30.3 Å². The number of carbonyl (C=O) groups excluding carboxylic acids is 5. The number of carboxylic acid groups (broad SMARTS) is 1. The minimum absolute atomic E-state index is 0.0580. The lowest BCUT2D eigenvalue weighted by molar-refractivity contribution is -0.142. The Kier molecular flexibility index (Phi) is 11.8. The van der Waals surface area contributed by atoms with E-state index in [1.807, 2.05) is 0 Å². The summed E-state index contributed by atoms with van der Waals surface area (Å²) in [5.41, 5.74) is 16.4. The lowest BCUT2D eigenvalue weighted by atomic mass is 10.1. The number of aliphatic carboxylic acids is 1. The van der Waals surface area contributed by atoms with Crippen molar-refractivity contribution in [3.63, 3.8) is 0 Å². The number of carbonyl (C=O) groups is 6. The first-order valence-corrected chi connectivity index (χ1v) is 10.6. The lowest BCUT2D eigenvalue weighted by Crippen LogP contribution is -2.58. The van der Waals surface area contributed by atoms with Crippen LogP contribution >= 0.6 is 0 Å². The van der Waals surface area contributed by atoms with Crippen molar-refractivity contribution in [2.24, 2.45) is 17.2 Å². The fourth-order valence-electron chi connectivity index (χ4n) is 2.91. The molecule has 0 bridgehead atoms. The van der Waals surface area contributed by atoms with Crippen molar-refractivity contribution in [2.45, 2.75) is 49.9 Å². The molecule has 0 aliphatic heterocycles. The smallest absolute Gasteiger partial charge is 0.326 e. The van der Waals surface area contributed by atoms with Crippen molar-refractivity contribution in [3.8, 4) is 0 Å². The number of aliphatic hydroxyl groups is 1. The molecular formula is C21H30N6O8. The highest BCUT2D eigenvalue weighted by Gasteiger charge is 2.31. The fourth-order valence-corrected chi connectivity index (χ4v) is 2.91. The molecule has 0 saturated carbocycles. The van der Waals surface area contributed by atoms with Crippen LogP contribution in [0.25, 0.3) is 0 Å². The molecular weight excluding hydrogens is 464 g/mol. The largest absolute Gasteiger partial charge is 0.480 e. The second-order valence-corrected chi connectivity index (χ2v) is 7.68.